The minimum atomic E-state index is -0.808. The topological polar surface area (TPSA) is 23.8 Å². The van der Waals surface area contributed by atoms with Crippen molar-refractivity contribution in [2.45, 2.75) is 71.1 Å². The maximum absolute atomic E-state index is 13.9. The smallest absolute Gasteiger partial charge is 0.144 e. The Labute approximate surface area is 173 Å². The molecule has 0 N–H and O–H groups in total. The number of nitriles is 1. The molecule has 0 unspecified atom stereocenters. The minimum absolute atomic E-state index is 0.465. The summed E-state index contributed by atoms with van der Waals surface area (Å²) in [5, 5.41) is 8.80. The molecule has 0 atom stereocenters. The molecule has 3 heteroatoms. The van der Waals surface area contributed by atoms with E-state index in [1.807, 2.05) is 12.1 Å². The van der Waals surface area contributed by atoms with Crippen molar-refractivity contribution in [1.29, 1.82) is 5.26 Å². The molecule has 1 nitrogen and oxygen atoms in total. The van der Waals surface area contributed by atoms with Crippen molar-refractivity contribution in [3.63, 3.8) is 0 Å². The van der Waals surface area contributed by atoms with Gasteiger partial charge in [-0.1, -0.05) is 82.6 Å². The Kier molecular flexibility index (Phi) is 7.81. The second-order valence-corrected chi connectivity index (χ2v) is 8.54. The highest BCUT2D eigenvalue weighted by atomic mass is 19.1. The van der Waals surface area contributed by atoms with Crippen LogP contribution in [-0.4, -0.2) is 0 Å². The molecule has 2 aromatic carbocycles. The first kappa shape index (κ1) is 21.5. The fourth-order valence-electron chi connectivity index (χ4n) is 4.57. The Bertz CT molecular complexity index is 804. The third kappa shape index (κ3) is 5.89. The summed E-state index contributed by atoms with van der Waals surface area (Å²) in [5.41, 5.74) is 1.98. The minimum Gasteiger partial charge on any atom is -0.205 e. The SMILES string of the molecule is CCCCC[C@H]1CC[C@H](CCc2ccc(-c3cc(F)c(C#N)c(F)c3)cc2)CC1. The summed E-state index contributed by atoms with van der Waals surface area (Å²) >= 11 is 0. The molecule has 0 saturated heterocycles. The van der Waals surface area contributed by atoms with Crippen molar-refractivity contribution in [3.8, 4) is 17.2 Å². The zero-order valence-electron chi connectivity index (χ0n) is 17.4. The second-order valence-electron chi connectivity index (χ2n) is 8.54. The summed E-state index contributed by atoms with van der Waals surface area (Å²) < 4.78 is 27.7. The van der Waals surface area contributed by atoms with Crippen LogP contribution in [0.4, 0.5) is 8.78 Å². The van der Waals surface area contributed by atoms with Crippen LogP contribution in [0.1, 0.15) is 75.8 Å². The Morgan fingerprint density at radius 3 is 2.00 bits per heavy atom. The van der Waals surface area contributed by atoms with Gasteiger partial charge in [-0.3, -0.25) is 0 Å². The maximum atomic E-state index is 13.9. The predicted octanol–water partition coefficient (Wildman–Crippen LogP) is 7.82. The second kappa shape index (κ2) is 10.5. The van der Waals surface area contributed by atoms with E-state index in [9.17, 15) is 8.78 Å². The highest BCUT2D eigenvalue weighted by Crippen LogP contribution is 2.34. The number of hydrogen-bond donors (Lipinski definition) is 0. The lowest BCUT2D eigenvalue weighted by Crippen LogP contribution is -2.15. The first-order valence-electron chi connectivity index (χ1n) is 11.1. The normalized spacial score (nSPS) is 19.1. The molecule has 1 aliphatic rings. The molecular weight excluding hydrogens is 364 g/mol. The maximum Gasteiger partial charge on any atom is 0.144 e. The number of hydrogen-bond acceptors (Lipinski definition) is 1. The van der Waals surface area contributed by atoms with Gasteiger partial charge in [0.2, 0.25) is 0 Å². The molecule has 0 radical (unpaired) electrons. The van der Waals surface area contributed by atoms with Crippen LogP contribution in [0.5, 0.6) is 0 Å². The summed E-state index contributed by atoms with van der Waals surface area (Å²) in [6.45, 7) is 2.27. The zero-order chi connectivity index (χ0) is 20.6. The van der Waals surface area contributed by atoms with Crippen LogP contribution in [0, 0.1) is 34.8 Å². The lowest BCUT2D eigenvalue weighted by molar-refractivity contribution is 0.249. The molecule has 0 bridgehead atoms. The zero-order valence-corrected chi connectivity index (χ0v) is 17.4. The summed E-state index contributed by atoms with van der Waals surface area (Å²) in [7, 11) is 0. The van der Waals surface area contributed by atoms with Gasteiger partial charge in [0.1, 0.15) is 23.3 Å². The van der Waals surface area contributed by atoms with Gasteiger partial charge in [-0.25, -0.2) is 8.78 Å². The van der Waals surface area contributed by atoms with Gasteiger partial charge in [0.05, 0.1) is 0 Å². The van der Waals surface area contributed by atoms with Crippen molar-refractivity contribution in [2.75, 3.05) is 0 Å². The fraction of sp³-hybridized carbons (Fsp3) is 0.500. The summed E-state index contributed by atoms with van der Waals surface area (Å²) in [6, 6.07) is 12.0. The predicted molar refractivity (Wildman–Crippen MR) is 114 cm³/mol. The molecular formula is C26H31F2N. The summed E-state index contributed by atoms with van der Waals surface area (Å²) in [6.07, 6.45) is 13.3. The molecule has 0 aliphatic heterocycles. The average Bonchev–Trinajstić information content (AvgIpc) is 2.73. The Morgan fingerprint density at radius 2 is 1.45 bits per heavy atom. The first-order valence-corrected chi connectivity index (χ1v) is 11.1. The van der Waals surface area contributed by atoms with Gasteiger partial charge in [0, 0.05) is 0 Å². The van der Waals surface area contributed by atoms with Gasteiger partial charge in [-0.2, -0.15) is 5.26 Å². The van der Waals surface area contributed by atoms with Crippen molar-refractivity contribution >= 4 is 0 Å². The van der Waals surface area contributed by atoms with Gasteiger partial charge in [-0.15, -0.1) is 0 Å². The molecule has 0 aromatic heterocycles. The van der Waals surface area contributed by atoms with Crippen molar-refractivity contribution < 1.29 is 8.78 Å². The molecule has 1 aliphatic carbocycles. The molecule has 2 aromatic rings. The fourth-order valence-corrected chi connectivity index (χ4v) is 4.57. The van der Waals surface area contributed by atoms with Gasteiger partial charge in [0.25, 0.3) is 0 Å². The standard InChI is InChI=1S/C26H31F2N/c1-2-3-4-5-19-6-8-20(9-7-19)10-11-21-12-14-22(15-13-21)23-16-25(27)24(18-29)26(28)17-23/h12-17,19-20H,2-11H2,1H3/t19-,20-. The number of aryl methyl sites for hydroxylation is 1. The van der Waals surface area contributed by atoms with Crippen LogP contribution in [0.25, 0.3) is 11.1 Å². The van der Waals surface area contributed by atoms with E-state index in [2.05, 4.69) is 19.1 Å². The Morgan fingerprint density at radius 1 is 0.862 bits per heavy atom. The quantitative estimate of drug-likeness (QED) is 0.418. The number of halogens is 2. The van der Waals surface area contributed by atoms with E-state index < -0.39 is 17.2 Å². The van der Waals surface area contributed by atoms with E-state index in [4.69, 9.17) is 5.26 Å². The summed E-state index contributed by atoms with van der Waals surface area (Å²) in [5.74, 6) is 0.165. The van der Waals surface area contributed by atoms with E-state index in [-0.39, 0.29) is 0 Å². The van der Waals surface area contributed by atoms with E-state index in [0.717, 1.165) is 23.8 Å². The summed E-state index contributed by atoms with van der Waals surface area (Å²) in [4.78, 5) is 0. The highest BCUT2D eigenvalue weighted by molar-refractivity contribution is 5.65. The van der Waals surface area contributed by atoms with Gasteiger partial charge in [-0.05, 0) is 53.5 Å². The molecule has 154 valence electrons. The van der Waals surface area contributed by atoms with Gasteiger partial charge in [0.15, 0.2) is 0 Å². The number of benzene rings is 2. The van der Waals surface area contributed by atoms with Gasteiger partial charge < -0.3 is 0 Å². The van der Waals surface area contributed by atoms with E-state index >= 15 is 0 Å². The van der Waals surface area contributed by atoms with Crippen LogP contribution < -0.4 is 0 Å². The molecule has 0 spiro atoms. The third-order valence-electron chi connectivity index (χ3n) is 6.46. The van der Waals surface area contributed by atoms with E-state index in [0.29, 0.717) is 5.56 Å². The first-order chi connectivity index (χ1) is 14.1. The van der Waals surface area contributed by atoms with Crippen molar-refractivity contribution in [3.05, 3.63) is 59.2 Å². The van der Waals surface area contributed by atoms with Crippen LogP contribution in [-0.2, 0) is 6.42 Å². The van der Waals surface area contributed by atoms with Crippen molar-refractivity contribution in [1.82, 2.24) is 0 Å². The number of rotatable bonds is 8. The van der Waals surface area contributed by atoms with E-state index in [1.165, 1.54) is 75.5 Å². The largest absolute Gasteiger partial charge is 0.205 e. The lowest BCUT2D eigenvalue weighted by Gasteiger charge is -2.28. The molecule has 1 saturated carbocycles. The van der Waals surface area contributed by atoms with Gasteiger partial charge >= 0.3 is 0 Å². The average molecular weight is 396 g/mol. The van der Waals surface area contributed by atoms with Crippen LogP contribution in [0.3, 0.4) is 0 Å². The van der Waals surface area contributed by atoms with Crippen molar-refractivity contribution in [2.24, 2.45) is 11.8 Å². The molecule has 0 amide bonds. The number of nitrogens with zero attached hydrogens (tertiary/aromatic N) is 1. The van der Waals surface area contributed by atoms with E-state index in [1.54, 1.807) is 6.07 Å². The molecule has 1 fully saturated rings. The monoisotopic (exact) mass is 395 g/mol. The lowest BCUT2D eigenvalue weighted by atomic mass is 9.78. The third-order valence-corrected chi connectivity index (χ3v) is 6.46. The molecule has 3 rings (SSSR count). The Hall–Kier alpha value is -2.21. The van der Waals surface area contributed by atoms with Crippen LogP contribution in [0.2, 0.25) is 0 Å². The van der Waals surface area contributed by atoms with Crippen LogP contribution in [0.15, 0.2) is 36.4 Å². The van der Waals surface area contributed by atoms with Crippen LogP contribution >= 0.6 is 0 Å². The molecule has 0 heterocycles. The molecule has 29 heavy (non-hydrogen) atoms. The highest BCUT2D eigenvalue weighted by Gasteiger charge is 2.20. The number of unbranched alkanes of at least 4 members (excludes halogenated alkanes) is 2. The Balaban J connectivity index is 1.50.